The van der Waals surface area contributed by atoms with Crippen LogP contribution in [-0.4, -0.2) is 70.5 Å². The topological polar surface area (TPSA) is 152 Å². The van der Waals surface area contributed by atoms with E-state index >= 15 is 0 Å². The van der Waals surface area contributed by atoms with Gasteiger partial charge < -0.3 is 28.8 Å². The Morgan fingerprint density at radius 3 is 1.78 bits per heavy atom. The van der Waals surface area contributed by atoms with Crippen LogP contribution in [-0.2, 0) is 47.7 Å². The molecule has 0 aliphatic carbocycles. The molecule has 5 atom stereocenters. The smallest absolute Gasteiger partial charge is 0.303 e. The number of aliphatic hydroxyl groups is 1. The molecule has 0 spiro atoms. The van der Waals surface area contributed by atoms with Gasteiger partial charge in [0.15, 0.2) is 12.2 Å². The van der Waals surface area contributed by atoms with Crippen molar-refractivity contribution in [2.75, 3.05) is 6.61 Å². The van der Waals surface area contributed by atoms with E-state index in [0.29, 0.717) is 0 Å². The molecule has 27 heavy (non-hydrogen) atoms. The summed E-state index contributed by atoms with van der Waals surface area (Å²) in [5.41, 5.74) is 0. The molecule has 0 bridgehead atoms. The van der Waals surface area contributed by atoms with Crippen molar-refractivity contribution in [1.82, 2.24) is 0 Å². The molecule has 0 aromatic carbocycles. The van der Waals surface area contributed by atoms with Gasteiger partial charge in [0.25, 0.3) is 10.5 Å². The fraction of sp³-hybridized carbons (Fsp3) is 0.667. The second-order valence-electron chi connectivity index (χ2n) is 5.61. The molecule has 1 fully saturated rings. The van der Waals surface area contributed by atoms with Gasteiger partial charge in [-0.2, -0.15) is 0 Å². The molecule has 0 aromatic heterocycles. The van der Waals surface area contributed by atoms with E-state index in [2.05, 4.69) is 15.9 Å². The first-order valence-electron chi connectivity index (χ1n) is 7.63. The lowest BCUT2D eigenvalue weighted by Gasteiger charge is -2.46. The van der Waals surface area contributed by atoms with E-state index in [-0.39, 0.29) is 0 Å². The second-order valence-corrected chi connectivity index (χ2v) is 6.33. The first-order chi connectivity index (χ1) is 12.4. The van der Waals surface area contributed by atoms with Crippen LogP contribution in [0.15, 0.2) is 0 Å². The second kappa shape index (κ2) is 9.24. The zero-order chi connectivity index (χ0) is 20.9. The van der Waals surface area contributed by atoms with Gasteiger partial charge >= 0.3 is 23.9 Å². The van der Waals surface area contributed by atoms with Crippen LogP contribution in [0.5, 0.6) is 0 Å². The lowest BCUT2D eigenvalue weighted by atomic mass is 9.92. The highest BCUT2D eigenvalue weighted by Crippen LogP contribution is 2.36. The summed E-state index contributed by atoms with van der Waals surface area (Å²) in [5, 5.41) is 10.7. The summed E-state index contributed by atoms with van der Waals surface area (Å²) in [7, 11) is 0. The van der Waals surface area contributed by atoms with Crippen molar-refractivity contribution < 1.29 is 52.8 Å². The molecule has 0 saturated carbocycles. The Balaban J connectivity index is 3.43. The standard InChI is InChI=1S/C15H19BrO11/c1-6(17)23-5-10-11(24-7(2)18)12(25-8(3)19)13(26-9(4)20)15(22,27-10)14(16)21/h10-13,22H,5H2,1-4H3/t10-,11-,12+,13+,15-/m1/s1. The highest BCUT2D eigenvalue weighted by molar-refractivity contribution is 9.18. The number of esters is 4. The summed E-state index contributed by atoms with van der Waals surface area (Å²) in [4.78, 5) is 57.5. The van der Waals surface area contributed by atoms with E-state index in [1.807, 2.05) is 0 Å². The normalized spacial score (nSPS) is 30.0. The molecule has 11 nitrogen and oxygen atoms in total. The monoisotopic (exact) mass is 454 g/mol. The van der Waals surface area contributed by atoms with E-state index in [4.69, 9.17) is 23.7 Å². The third-order valence-corrected chi connectivity index (χ3v) is 3.90. The Kier molecular flexibility index (Phi) is 7.87. The maximum absolute atomic E-state index is 12.0. The van der Waals surface area contributed by atoms with Gasteiger partial charge in [0.1, 0.15) is 12.7 Å². The van der Waals surface area contributed by atoms with E-state index in [1.54, 1.807) is 0 Å². The Hall–Kier alpha value is -2.05. The number of hydrogen-bond acceptors (Lipinski definition) is 11. The highest BCUT2D eigenvalue weighted by Gasteiger charge is 2.62. The molecule has 0 aromatic rings. The van der Waals surface area contributed by atoms with Gasteiger partial charge in [-0.05, 0) is 15.9 Å². The minimum Gasteiger partial charge on any atom is -0.463 e. The summed E-state index contributed by atoms with van der Waals surface area (Å²) in [5.74, 6) is -6.18. The Labute approximate surface area is 162 Å². The number of carbonyl (C=O) groups is 5. The summed E-state index contributed by atoms with van der Waals surface area (Å²) >= 11 is 2.53. The molecule has 152 valence electrons. The van der Waals surface area contributed by atoms with Crippen molar-refractivity contribution in [2.24, 2.45) is 0 Å². The van der Waals surface area contributed by atoms with Gasteiger partial charge in [0, 0.05) is 27.7 Å². The summed E-state index contributed by atoms with van der Waals surface area (Å²) in [6.07, 6.45) is -6.37. The van der Waals surface area contributed by atoms with Crippen LogP contribution in [0, 0.1) is 0 Å². The Morgan fingerprint density at radius 1 is 0.889 bits per heavy atom. The first kappa shape index (κ1) is 23.0. The SMILES string of the molecule is CC(=O)OC[C@H]1O[C@@](O)(C(=O)Br)[C@@H](OC(C)=O)[C@@H](OC(C)=O)[C@@H]1OC(C)=O. The number of ether oxygens (including phenoxy) is 5. The summed E-state index contributed by atoms with van der Waals surface area (Å²) < 4.78 is 23.9. The van der Waals surface area contributed by atoms with Crippen molar-refractivity contribution >= 4 is 44.5 Å². The van der Waals surface area contributed by atoms with Crippen LogP contribution in [0.4, 0.5) is 0 Å². The molecular weight excluding hydrogens is 436 g/mol. The minimum atomic E-state index is -2.81. The zero-order valence-corrected chi connectivity index (χ0v) is 16.5. The zero-order valence-electron chi connectivity index (χ0n) is 14.9. The van der Waals surface area contributed by atoms with E-state index in [1.165, 1.54) is 0 Å². The van der Waals surface area contributed by atoms with E-state index < -0.39 is 65.4 Å². The van der Waals surface area contributed by atoms with Crippen molar-refractivity contribution in [3.8, 4) is 0 Å². The number of carbonyl (C=O) groups excluding carboxylic acids is 5. The average molecular weight is 455 g/mol. The fourth-order valence-electron chi connectivity index (χ4n) is 2.44. The average Bonchev–Trinajstić information content (AvgIpc) is 2.50. The quantitative estimate of drug-likeness (QED) is 0.309. The molecule has 1 rings (SSSR count). The molecule has 0 radical (unpaired) electrons. The highest BCUT2D eigenvalue weighted by atomic mass is 79.9. The van der Waals surface area contributed by atoms with Crippen molar-refractivity contribution in [3.05, 3.63) is 0 Å². The van der Waals surface area contributed by atoms with Gasteiger partial charge in [-0.25, -0.2) is 0 Å². The van der Waals surface area contributed by atoms with Crippen LogP contribution in [0.2, 0.25) is 0 Å². The molecule has 1 saturated heterocycles. The number of rotatable bonds is 6. The molecule has 1 aliphatic rings. The lowest BCUT2D eigenvalue weighted by Crippen LogP contribution is -2.69. The van der Waals surface area contributed by atoms with Crippen LogP contribution in [0.3, 0.4) is 0 Å². The predicted molar refractivity (Wildman–Crippen MR) is 87.1 cm³/mol. The molecule has 12 heteroatoms. The summed E-state index contributed by atoms with van der Waals surface area (Å²) in [6.45, 7) is 3.58. The van der Waals surface area contributed by atoms with Gasteiger partial charge in [0.05, 0.1) is 0 Å². The van der Waals surface area contributed by atoms with Crippen LogP contribution >= 0.6 is 15.9 Å². The van der Waals surface area contributed by atoms with Crippen molar-refractivity contribution in [3.63, 3.8) is 0 Å². The lowest BCUT2D eigenvalue weighted by molar-refractivity contribution is -0.331. The number of halogens is 1. The van der Waals surface area contributed by atoms with Gasteiger partial charge in [-0.1, -0.05) is 0 Å². The van der Waals surface area contributed by atoms with Crippen molar-refractivity contribution in [1.29, 1.82) is 0 Å². The minimum absolute atomic E-state index is 0.555. The molecule has 0 unspecified atom stereocenters. The fourth-order valence-corrected chi connectivity index (χ4v) is 2.76. The molecule has 0 amide bonds. The third kappa shape index (κ3) is 5.97. The van der Waals surface area contributed by atoms with Gasteiger partial charge in [0.2, 0.25) is 6.10 Å². The van der Waals surface area contributed by atoms with Crippen molar-refractivity contribution in [2.45, 2.75) is 57.9 Å². The summed E-state index contributed by atoms with van der Waals surface area (Å²) in [6, 6.07) is 0. The van der Waals surface area contributed by atoms with Gasteiger partial charge in [-0.15, -0.1) is 0 Å². The van der Waals surface area contributed by atoms with Crippen LogP contribution in [0.25, 0.3) is 0 Å². The molecule has 1 aliphatic heterocycles. The third-order valence-electron chi connectivity index (χ3n) is 3.33. The Bertz CT molecular complexity index is 633. The first-order valence-corrected chi connectivity index (χ1v) is 8.43. The largest absolute Gasteiger partial charge is 0.463 e. The maximum atomic E-state index is 12.0. The Morgan fingerprint density at radius 2 is 1.37 bits per heavy atom. The predicted octanol–water partition coefficient (Wildman–Crippen LogP) is -0.646. The van der Waals surface area contributed by atoms with Crippen LogP contribution < -0.4 is 0 Å². The van der Waals surface area contributed by atoms with Gasteiger partial charge in [-0.3, -0.25) is 24.0 Å². The van der Waals surface area contributed by atoms with E-state index in [9.17, 15) is 29.1 Å². The number of hydrogen-bond donors (Lipinski definition) is 1. The molecule has 1 N–H and O–H groups in total. The molecule has 1 heterocycles. The van der Waals surface area contributed by atoms with Crippen LogP contribution in [0.1, 0.15) is 27.7 Å². The van der Waals surface area contributed by atoms with E-state index in [0.717, 1.165) is 27.7 Å². The maximum Gasteiger partial charge on any atom is 0.303 e. The molecular formula is C15H19BrO11.